The Labute approximate surface area is 130 Å². The van der Waals surface area contributed by atoms with Crippen molar-refractivity contribution in [1.29, 1.82) is 5.26 Å². The number of rotatable bonds is 2. The summed E-state index contributed by atoms with van der Waals surface area (Å²) in [7, 11) is 1.70. The molecule has 0 aliphatic carbocycles. The van der Waals surface area contributed by atoms with Gasteiger partial charge in [0.2, 0.25) is 0 Å². The Morgan fingerprint density at radius 3 is 3.14 bits per heavy atom. The summed E-state index contributed by atoms with van der Waals surface area (Å²) >= 11 is 0. The Kier molecular flexibility index (Phi) is 3.31. The van der Waals surface area contributed by atoms with E-state index in [0.29, 0.717) is 18.4 Å². The summed E-state index contributed by atoms with van der Waals surface area (Å²) in [6.45, 7) is 2.27. The number of nitrogens with zero attached hydrogens (tertiary/aromatic N) is 2. The molecule has 0 saturated carbocycles. The second-order valence-corrected chi connectivity index (χ2v) is 6.42. The summed E-state index contributed by atoms with van der Waals surface area (Å²) in [5.74, 6) is 1.34. The van der Waals surface area contributed by atoms with E-state index in [1.165, 1.54) is 23.1 Å². The minimum Gasteiger partial charge on any atom is -0.497 e. The van der Waals surface area contributed by atoms with Crippen molar-refractivity contribution in [3.8, 4) is 11.8 Å². The molecule has 3 heterocycles. The van der Waals surface area contributed by atoms with Gasteiger partial charge >= 0.3 is 0 Å². The van der Waals surface area contributed by atoms with Crippen LogP contribution in [0.25, 0.3) is 10.9 Å². The van der Waals surface area contributed by atoms with Gasteiger partial charge in [-0.2, -0.15) is 5.26 Å². The molecule has 0 unspecified atom stereocenters. The highest BCUT2D eigenvalue weighted by molar-refractivity contribution is 5.86. The maximum atomic E-state index is 9.17. The number of hydrogen-bond acceptors (Lipinski definition) is 3. The fourth-order valence-corrected chi connectivity index (χ4v) is 4.31. The van der Waals surface area contributed by atoms with E-state index in [0.717, 1.165) is 37.2 Å². The smallest absolute Gasteiger partial charge is 0.120 e. The predicted octanol–water partition coefficient (Wildman–Crippen LogP) is 3.40. The van der Waals surface area contributed by atoms with E-state index in [2.05, 4.69) is 28.1 Å². The molecule has 2 aliphatic heterocycles. The van der Waals surface area contributed by atoms with E-state index < -0.39 is 0 Å². The highest BCUT2D eigenvalue weighted by Gasteiger charge is 2.37. The number of H-pyrrole nitrogens is 1. The molecule has 1 aromatic carbocycles. The zero-order valence-electron chi connectivity index (χ0n) is 12.9. The molecule has 0 amide bonds. The topological polar surface area (TPSA) is 52.1 Å². The molecule has 2 aromatic rings. The third kappa shape index (κ3) is 2.00. The fourth-order valence-electron chi connectivity index (χ4n) is 4.31. The Balaban J connectivity index is 1.83. The molecule has 0 spiro atoms. The highest BCUT2D eigenvalue weighted by atomic mass is 16.5. The lowest BCUT2D eigenvalue weighted by molar-refractivity contribution is 0.0829. The molecule has 1 fully saturated rings. The summed E-state index contributed by atoms with van der Waals surface area (Å²) in [4.78, 5) is 6.22. The van der Waals surface area contributed by atoms with Gasteiger partial charge in [0.1, 0.15) is 5.75 Å². The average Bonchev–Trinajstić information content (AvgIpc) is 2.92. The van der Waals surface area contributed by atoms with E-state index in [4.69, 9.17) is 10.00 Å². The van der Waals surface area contributed by atoms with Crippen molar-refractivity contribution in [1.82, 2.24) is 9.88 Å². The molecule has 114 valence electrons. The molecular formula is C18H21N3O. The molecule has 4 nitrogen and oxygen atoms in total. The lowest BCUT2D eigenvalue weighted by Crippen LogP contribution is -2.43. The lowest BCUT2D eigenvalue weighted by atomic mass is 9.81. The van der Waals surface area contributed by atoms with Gasteiger partial charge < -0.3 is 9.72 Å². The monoisotopic (exact) mass is 295 g/mol. The quantitative estimate of drug-likeness (QED) is 0.924. The fraction of sp³-hybridized carbons (Fsp3) is 0.500. The van der Waals surface area contributed by atoms with Gasteiger partial charge in [-0.3, -0.25) is 4.90 Å². The molecule has 0 radical (unpaired) electrons. The van der Waals surface area contributed by atoms with Crippen LogP contribution in [0, 0.1) is 17.2 Å². The molecule has 1 aromatic heterocycles. The minimum atomic E-state index is 0.385. The maximum Gasteiger partial charge on any atom is 0.120 e. The first-order valence-corrected chi connectivity index (χ1v) is 8.11. The van der Waals surface area contributed by atoms with Crippen molar-refractivity contribution in [3.05, 3.63) is 29.5 Å². The van der Waals surface area contributed by atoms with Crippen molar-refractivity contribution in [2.75, 3.05) is 20.2 Å². The van der Waals surface area contributed by atoms with E-state index in [1.807, 2.05) is 6.07 Å². The van der Waals surface area contributed by atoms with Crippen LogP contribution in [-0.4, -0.2) is 30.1 Å². The Bertz CT molecular complexity index is 743. The van der Waals surface area contributed by atoms with Crippen molar-refractivity contribution in [2.45, 2.75) is 31.7 Å². The predicted molar refractivity (Wildman–Crippen MR) is 85.8 cm³/mol. The summed E-state index contributed by atoms with van der Waals surface area (Å²) in [5, 5.41) is 10.5. The van der Waals surface area contributed by atoms with Gasteiger partial charge in [0, 0.05) is 35.6 Å². The van der Waals surface area contributed by atoms with Gasteiger partial charge in [-0.25, -0.2) is 0 Å². The molecular weight excluding hydrogens is 274 g/mol. The number of nitriles is 1. The third-order valence-electron chi connectivity index (χ3n) is 5.30. The second-order valence-electron chi connectivity index (χ2n) is 6.42. The molecule has 0 bridgehead atoms. The van der Waals surface area contributed by atoms with Crippen LogP contribution in [0.1, 0.15) is 36.6 Å². The van der Waals surface area contributed by atoms with Crippen LogP contribution in [0.4, 0.5) is 0 Å². The third-order valence-corrected chi connectivity index (χ3v) is 5.30. The van der Waals surface area contributed by atoms with E-state index >= 15 is 0 Å². The van der Waals surface area contributed by atoms with Crippen molar-refractivity contribution in [3.63, 3.8) is 0 Å². The van der Waals surface area contributed by atoms with Crippen LogP contribution in [0.3, 0.4) is 0 Å². The van der Waals surface area contributed by atoms with Crippen LogP contribution in [-0.2, 0) is 6.42 Å². The van der Waals surface area contributed by atoms with Crippen molar-refractivity contribution in [2.24, 2.45) is 5.92 Å². The van der Waals surface area contributed by atoms with E-state index in [-0.39, 0.29) is 0 Å². The Morgan fingerprint density at radius 2 is 2.32 bits per heavy atom. The summed E-state index contributed by atoms with van der Waals surface area (Å²) in [5.41, 5.74) is 3.95. The van der Waals surface area contributed by atoms with Crippen molar-refractivity contribution >= 4 is 10.9 Å². The summed E-state index contributed by atoms with van der Waals surface area (Å²) in [6.07, 6.45) is 4.12. The van der Waals surface area contributed by atoms with Gasteiger partial charge in [-0.05, 0) is 49.4 Å². The molecule has 2 aliphatic rings. The minimum absolute atomic E-state index is 0.385. The van der Waals surface area contributed by atoms with Crippen LogP contribution in [0.5, 0.6) is 5.75 Å². The number of piperidine rings is 1. The molecule has 4 rings (SSSR count). The highest BCUT2D eigenvalue weighted by Crippen LogP contribution is 2.43. The van der Waals surface area contributed by atoms with Crippen LogP contribution >= 0.6 is 0 Å². The van der Waals surface area contributed by atoms with Gasteiger partial charge in [-0.15, -0.1) is 0 Å². The molecule has 2 atom stereocenters. The van der Waals surface area contributed by atoms with E-state index in [1.54, 1.807) is 7.11 Å². The Morgan fingerprint density at radius 1 is 1.41 bits per heavy atom. The van der Waals surface area contributed by atoms with E-state index in [9.17, 15) is 0 Å². The van der Waals surface area contributed by atoms with Gasteiger partial charge in [0.15, 0.2) is 0 Å². The molecule has 1 N–H and O–H groups in total. The maximum absolute atomic E-state index is 9.17. The van der Waals surface area contributed by atoms with Crippen molar-refractivity contribution < 1.29 is 4.74 Å². The number of benzene rings is 1. The van der Waals surface area contributed by atoms with Crippen LogP contribution in [0.2, 0.25) is 0 Å². The number of aromatic amines is 1. The number of aromatic nitrogens is 1. The summed E-state index contributed by atoms with van der Waals surface area (Å²) < 4.78 is 5.35. The SMILES string of the molecule is COc1ccc2c3c([nH]c2c1)[C@@H]1[C@@H](CC#N)CCCN1CC3. The largest absolute Gasteiger partial charge is 0.497 e. The van der Waals surface area contributed by atoms with Gasteiger partial charge in [-0.1, -0.05) is 0 Å². The summed E-state index contributed by atoms with van der Waals surface area (Å²) in [6, 6.07) is 9.07. The first-order chi connectivity index (χ1) is 10.8. The van der Waals surface area contributed by atoms with Gasteiger partial charge in [0.25, 0.3) is 0 Å². The second kappa shape index (κ2) is 5.33. The first-order valence-electron chi connectivity index (χ1n) is 8.11. The lowest BCUT2D eigenvalue weighted by Gasteiger charge is -2.43. The molecule has 4 heteroatoms. The number of nitrogens with one attached hydrogen (secondary N) is 1. The zero-order chi connectivity index (χ0) is 15.1. The number of methoxy groups -OCH3 is 1. The zero-order valence-corrected chi connectivity index (χ0v) is 12.9. The van der Waals surface area contributed by atoms with Crippen LogP contribution in [0.15, 0.2) is 18.2 Å². The van der Waals surface area contributed by atoms with Gasteiger partial charge in [0.05, 0.1) is 19.2 Å². The normalized spacial score (nSPS) is 24.5. The number of fused-ring (bicyclic) bond motifs is 5. The molecule has 22 heavy (non-hydrogen) atoms. The average molecular weight is 295 g/mol. The first kappa shape index (κ1) is 13.7. The number of hydrogen-bond donors (Lipinski definition) is 1. The molecule has 1 saturated heterocycles. The number of ether oxygens (including phenoxy) is 1. The standard InChI is InChI=1S/C18H21N3O/c1-22-13-4-5-14-15-7-10-21-9-2-3-12(6-8-19)18(21)17(15)20-16(14)11-13/h4-5,11-12,18,20H,2-3,6-7,9-10H2,1H3/t12-,18+/m1/s1. The Hall–Kier alpha value is -1.99. The van der Waals surface area contributed by atoms with Crippen LogP contribution < -0.4 is 4.74 Å².